The summed E-state index contributed by atoms with van der Waals surface area (Å²) in [5.74, 6) is 0.186. The topological polar surface area (TPSA) is 107 Å². The lowest BCUT2D eigenvalue weighted by Gasteiger charge is -2.26. The number of amides is 1. The number of hydrogen-bond donors (Lipinski definition) is 1. The highest BCUT2D eigenvalue weighted by Gasteiger charge is 2.27. The van der Waals surface area contributed by atoms with Crippen molar-refractivity contribution in [3.63, 3.8) is 0 Å². The highest BCUT2D eigenvalue weighted by molar-refractivity contribution is 7.86. The predicted octanol–water partition coefficient (Wildman–Crippen LogP) is 2.79. The standard InChI is InChI=1S/C27H31N3O6S/c1-37(32,33)36-26(27(31)29-19-21-5-3-2-4-6-21)25-12-9-23(20-28-25)22-7-10-24(11-8-22)35-18-15-30-13-16-34-17-14-30/h2-12,20,26H,13-19H2,1H3,(H,29,31). The molecule has 3 aromatic rings. The number of aromatic nitrogens is 1. The SMILES string of the molecule is CS(=O)(=O)OC(C(=O)NCc1ccccc1)c1ccc(-c2ccc(OCCN3CCOCC3)cc2)cn1. The van der Waals surface area contributed by atoms with Crippen molar-refractivity contribution < 1.29 is 26.9 Å². The summed E-state index contributed by atoms with van der Waals surface area (Å²) in [4.78, 5) is 19.5. The molecule has 1 aliphatic rings. The van der Waals surface area contributed by atoms with Crippen molar-refractivity contribution in [2.45, 2.75) is 12.6 Å². The fourth-order valence-electron chi connectivity index (χ4n) is 3.87. The van der Waals surface area contributed by atoms with E-state index >= 15 is 0 Å². The van der Waals surface area contributed by atoms with Crippen LogP contribution in [0.25, 0.3) is 11.1 Å². The molecule has 4 rings (SSSR count). The number of carbonyl (C=O) groups excluding carboxylic acids is 1. The molecule has 2 heterocycles. The maximum absolute atomic E-state index is 12.8. The molecule has 10 heteroatoms. The monoisotopic (exact) mass is 525 g/mol. The molecule has 1 atom stereocenters. The number of carbonyl (C=O) groups is 1. The van der Waals surface area contributed by atoms with Crippen LogP contribution in [0.1, 0.15) is 17.4 Å². The first-order valence-electron chi connectivity index (χ1n) is 12.1. The van der Waals surface area contributed by atoms with Crippen molar-refractivity contribution >= 4 is 16.0 Å². The molecular formula is C27H31N3O6S. The average molecular weight is 526 g/mol. The molecule has 196 valence electrons. The minimum atomic E-state index is -3.91. The van der Waals surface area contributed by atoms with Gasteiger partial charge in [-0.05, 0) is 29.3 Å². The Morgan fingerprint density at radius 2 is 1.73 bits per heavy atom. The van der Waals surface area contributed by atoms with E-state index in [2.05, 4.69) is 15.2 Å². The van der Waals surface area contributed by atoms with Gasteiger partial charge >= 0.3 is 0 Å². The molecular weight excluding hydrogens is 494 g/mol. The molecule has 1 fully saturated rings. The van der Waals surface area contributed by atoms with Gasteiger partial charge in [-0.15, -0.1) is 0 Å². The maximum atomic E-state index is 12.8. The molecule has 1 aromatic heterocycles. The Kier molecular flexibility index (Phi) is 9.24. The van der Waals surface area contributed by atoms with Crippen LogP contribution in [0.4, 0.5) is 0 Å². The number of rotatable bonds is 11. The summed E-state index contributed by atoms with van der Waals surface area (Å²) in [6.45, 7) is 5.08. The molecule has 0 spiro atoms. The first kappa shape index (κ1) is 26.7. The largest absolute Gasteiger partial charge is 0.492 e. The Morgan fingerprint density at radius 1 is 1.03 bits per heavy atom. The van der Waals surface area contributed by atoms with Crippen LogP contribution in [0.2, 0.25) is 0 Å². The van der Waals surface area contributed by atoms with Crippen molar-refractivity contribution in [1.29, 1.82) is 0 Å². The van der Waals surface area contributed by atoms with E-state index in [0.29, 0.717) is 6.61 Å². The van der Waals surface area contributed by atoms with Crippen LogP contribution in [-0.4, -0.2) is 69.9 Å². The van der Waals surface area contributed by atoms with Crippen LogP contribution < -0.4 is 10.1 Å². The van der Waals surface area contributed by atoms with Gasteiger partial charge in [0.15, 0.2) is 6.10 Å². The van der Waals surface area contributed by atoms with Crippen molar-refractivity contribution in [2.24, 2.45) is 0 Å². The lowest BCUT2D eigenvalue weighted by molar-refractivity contribution is -0.128. The van der Waals surface area contributed by atoms with Crippen LogP contribution in [0, 0.1) is 0 Å². The van der Waals surface area contributed by atoms with Gasteiger partial charge in [-0.2, -0.15) is 8.42 Å². The number of pyridine rings is 1. The molecule has 1 saturated heterocycles. The fraction of sp³-hybridized carbons (Fsp3) is 0.333. The molecule has 1 N–H and O–H groups in total. The van der Waals surface area contributed by atoms with Gasteiger partial charge < -0.3 is 14.8 Å². The third-order valence-corrected chi connectivity index (χ3v) is 6.38. The highest BCUT2D eigenvalue weighted by atomic mass is 32.2. The van der Waals surface area contributed by atoms with Crippen LogP contribution in [0.5, 0.6) is 5.75 Å². The first-order valence-corrected chi connectivity index (χ1v) is 13.9. The zero-order valence-electron chi connectivity index (χ0n) is 20.7. The van der Waals surface area contributed by atoms with Crippen molar-refractivity contribution in [3.8, 4) is 16.9 Å². The van der Waals surface area contributed by atoms with Crippen molar-refractivity contribution in [2.75, 3.05) is 45.7 Å². The third-order valence-electron chi connectivity index (χ3n) is 5.84. The van der Waals surface area contributed by atoms with E-state index < -0.39 is 22.1 Å². The van der Waals surface area contributed by atoms with Crippen LogP contribution in [0.15, 0.2) is 72.9 Å². The number of nitrogens with zero attached hydrogens (tertiary/aromatic N) is 2. The minimum absolute atomic E-state index is 0.197. The van der Waals surface area contributed by atoms with E-state index in [1.807, 2.05) is 54.6 Å². The van der Waals surface area contributed by atoms with E-state index in [4.69, 9.17) is 13.7 Å². The molecule has 0 aliphatic carbocycles. The van der Waals surface area contributed by atoms with Gasteiger partial charge in [0, 0.05) is 37.9 Å². The van der Waals surface area contributed by atoms with Crippen molar-refractivity contribution in [3.05, 3.63) is 84.2 Å². The zero-order valence-corrected chi connectivity index (χ0v) is 21.5. The maximum Gasteiger partial charge on any atom is 0.265 e. The van der Waals surface area contributed by atoms with Gasteiger partial charge in [0.25, 0.3) is 16.0 Å². The zero-order chi connectivity index (χ0) is 26.1. The lowest BCUT2D eigenvalue weighted by Crippen LogP contribution is -2.38. The number of nitrogens with one attached hydrogen (secondary N) is 1. The van der Waals surface area contributed by atoms with E-state index in [1.54, 1.807) is 18.3 Å². The number of ether oxygens (including phenoxy) is 2. The molecule has 0 bridgehead atoms. The number of hydrogen-bond acceptors (Lipinski definition) is 8. The quantitative estimate of drug-likeness (QED) is 0.381. The number of morpholine rings is 1. The Bertz CT molecular complexity index is 1250. The first-order chi connectivity index (χ1) is 17.9. The predicted molar refractivity (Wildman–Crippen MR) is 139 cm³/mol. The second-order valence-electron chi connectivity index (χ2n) is 8.68. The lowest BCUT2D eigenvalue weighted by atomic mass is 10.1. The van der Waals surface area contributed by atoms with E-state index in [-0.39, 0.29) is 12.2 Å². The highest BCUT2D eigenvalue weighted by Crippen LogP contribution is 2.25. The minimum Gasteiger partial charge on any atom is -0.492 e. The smallest absolute Gasteiger partial charge is 0.265 e. The Balaban J connectivity index is 1.38. The summed E-state index contributed by atoms with van der Waals surface area (Å²) in [5.41, 5.74) is 2.80. The second-order valence-corrected chi connectivity index (χ2v) is 10.3. The average Bonchev–Trinajstić information content (AvgIpc) is 2.92. The summed E-state index contributed by atoms with van der Waals surface area (Å²) in [5, 5.41) is 2.72. The molecule has 0 saturated carbocycles. The van der Waals surface area contributed by atoms with Gasteiger partial charge in [0.2, 0.25) is 0 Å². The molecule has 9 nitrogen and oxygen atoms in total. The van der Waals surface area contributed by atoms with Gasteiger partial charge in [0.1, 0.15) is 12.4 Å². The summed E-state index contributed by atoms with van der Waals surface area (Å²) in [6.07, 6.45) is 1.10. The molecule has 1 amide bonds. The Labute approximate surface area is 217 Å². The second kappa shape index (κ2) is 12.8. The van der Waals surface area contributed by atoms with Gasteiger partial charge in [-0.1, -0.05) is 48.5 Å². The summed E-state index contributed by atoms with van der Waals surface area (Å²) in [7, 11) is -3.91. The normalized spacial score (nSPS) is 15.2. The fourth-order valence-corrected chi connectivity index (χ4v) is 4.41. The summed E-state index contributed by atoms with van der Waals surface area (Å²) < 4.78 is 40.0. The van der Waals surface area contributed by atoms with Gasteiger partial charge in [-0.25, -0.2) is 0 Å². The third kappa shape index (κ3) is 8.36. The van der Waals surface area contributed by atoms with Crippen LogP contribution >= 0.6 is 0 Å². The Morgan fingerprint density at radius 3 is 2.38 bits per heavy atom. The van der Waals surface area contributed by atoms with E-state index in [9.17, 15) is 13.2 Å². The molecule has 2 aromatic carbocycles. The molecule has 37 heavy (non-hydrogen) atoms. The van der Waals surface area contributed by atoms with Crippen molar-refractivity contribution in [1.82, 2.24) is 15.2 Å². The summed E-state index contributed by atoms with van der Waals surface area (Å²) >= 11 is 0. The van der Waals surface area contributed by atoms with E-state index in [0.717, 1.165) is 61.5 Å². The van der Waals surface area contributed by atoms with Gasteiger partial charge in [0.05, 0.1) is 25.2 Å². The number of benzene rings is 2. The molecule has 0 radical (unpaired) electrons. The van der Waals surface area contributed by atoms with Crippen LogP contribution in [-0.2, 0) is 30.4 Å². The Hall–Kier alpha value is -3.31. The molecule has 1 unspecified atom stereocenters. The molecule has 1 aliphatic heterocycles. The van der Waals surface area contributed by atoms with Gasteiger partial charge in [-0.3, -0.25) is 18.9 Å². The van der Waals surface area contributed by atoms with E-state index in [1.165, 1.54) is 0 Å². The summed E-state index contributed by atoms with van der Waals surface area (Å²) in [6, 6.07) is 20.3. The van der Waals surface area contributed by atoms with Crippen LogP contribution in [0.3, 0.4) is 0 Å².